The molecule has 44 heavy (non-hydrogen) atoms. The number of piperidine rings is 1. The number of benzene rings is 2. The second kappa shape index (κ2) is 13.0. The maximum absolute atomic E-state index is 14.9. The predicted octanol–water partition coefficient (Wildman–Crippen LogP) is 5.29. The first-order valence-electron chi connectivity index (χ1n) is 16.0. The van der Waals surface area contributed by atoms with E-state index in [4.69, 9.17) is 10.00 Å². The van der Waals surface area contributed by atoms with Crippen molar-refractivity contribution in [1.82, 2.24) is 15.1 Å². The van der Waals surface area contributed by atoms with Gasteiger partial charge in [0, 0.05) is 43.6 Å². The maximum atomic E-state index is 14.9. The van der Waals surface area contributed by atoms with Crippen molar-refractivity contribution in [1.29, 1.82) is 5.26 Å². The lowest BCUT2D eigenvalue weighted by Gasteiger charge is -2.54. The third-order valence-electron chi connectivity index (χ3n) is 10.7. The number of amides is 1. The zero-order valence-corrected chi connectivity index (χ0v) is 25.4. The van der Waals surface area contributed by atoms with Gasteiger partial charge in [-0.3, -0.25) is 0 Å². The molecule has 3 saturated heterocycles. The van der Waals surface area contributed by atoms with E-state index in [1.165, 1.54) is 19.6 Å². The number of nitrogens with zero attached hydrogens (tertiary/aromatic N) is 4. The fraction of sp³-hybridized carbons (Fsp3) is 0.588. The molecular weight excluding hydrogens is 567 g/mol. The zero-order valence-electron chi connectivity index (χ0n) is 25.4. The number of nitriles is 1. The molecule has 0 spiro atoms. The van der Waals surface area contributed by atoms with Crippen LogP contribution in [0.15, 0.2) is 36.4 Å². The fourth-order valence-electron chi connectivity index (χ4n) is 8.53. The SMILES string of the molecule is COC(=O)N[C@H]1CCC[C@@H]1[C@](CN1CCC1)(c1cccc(F)c1)C1CCN(CC2CN(c3c(F)cc(C#N)cc3F)C2)CC1. The smallest absolute Gasteiger partial charge is 0.407 e. The summed E-state index contributed by atoms with van der Waals surface area (Å²) in [6.07, 6.45) is 5.54. The van der Waals surface area contributed by atoms with Gasteiger partial charge in [-0.25, -0.2) is 18.0 Å². The number of halogens is 3. The number of nitrogens with one attached hydrogen (secondary N) is 1. The first kappa shape index (κ1) is 30.7. The van der Waals surface area contributed by atoms with Gasteiger partial charge in [0.25, 0.3) is 0 Å². The van der Waals surface area contributed by atoms with Gasteiger partial charge < -0.3 is 24.8 Å². The van der Waals surface area contributed by atoms with Crippen molar-refractivity contribution < 1.29 is 22.7 Å². The Morgan fingerprint density at radius 3 is 2.34 bits per heavy atom. The van der Waals surface area contributed by atoms with Crippen molar-refractivity contribution in [2.45, 2.75) is 50.0 Å². The highest BCUT2D eigenvalue weighted by atomic mass is 19.1. The number of anilines is 1. The number of carbonyl (C=O) groups excluding carboxylic acids is 1. The Morgan fingerprint density at radius 2 is 1.73 bits per heavy atom. The summed E-state index contributed by atoms with van der Waals surface area (Å²) in [6.45, 7) is 6.74. The molecule has 4 aliphatic rings. The second-order valence-electron chi connectivity index (χ2n) is 13.2. The minimum absolute atomic E-state index is 0.0166. The molecule has 7 nitrogen and oxygen atoms in total. The first-order valence-corrected chi connectivity index (χ1v) is 16.0. The van der Waals surface area contributed by atoms with Crippen molar-refractivity contribution in [3.63, 3.8) is 0 Å². The summed E-state index contributed by atoms with van der Waals surface area (Å²) in [7, 11) is 1.40. The van der Waals surface area contributed by atoms with Gasteiger partial charge in [0.15, 0.2) is 11.6 Å². The molecule has 1 aliphatic carbocycles. The standard InChI is InChI=1S/C34H42F3N5O2/c1-44-33(43)39-31-8-3-7-28(31)34(22-41-11-4-12-41,26-5-2-6-27(35)17-26)25-9-13-40(14-10-25)19-24-20-42(21-24)32-29(36)15-23(18-38)16-30(32)37/h2,5-6,15-17,24-25,28,31H,3-4,7-14,19-22H2,1H3,(H,39,43)/t28-,31-,34-/m0/s1. The van der Waals surface area contributed by atoms with E-state index in [1.54, 1.807) is 17.0 Å². The van der Waals surface area contributed by atoms with Crippen LogP contribution in [0.2, 0.25) is 0 Å². The molecule has 3 heterocycles. The monoisotopic (exact) mass is 609 g/mol. The van der Waals surface area contributed by atoms with E-state index >= 15 is 0 Å². The van der Waals surface area contributed by atoms with E-state index in [0.717, 1.165) is 89.1 Å². The summed E-state index contributed by atoms with van der Waals surface area (Å²) in [5.74, 6) is -0.831. The molecule has 3 atom stereocenters. The predicted molar refractivity (Wildman–Crippen MR) is 162 cm³/mol. The molecule has 1 saturated carbocycles. The summed E-state index contributed by atoms with van der Waals surface area (Å²) in [5.41, 5.74) is 0.662. The third-order valence-corrected chi connectivity index (χ3v) is 10.7. The van der Waals surface area contributed by atoms with Crippen LogP contribution >= 0.6 is 0 Å². The van der Waals surface area contributed by atoms with Gasteiger partial charge >= 0.3 is 6.09 Å². The number of rotatable bonds is 9. The quantitative estimate of drug-likeness (QED) is 0.417. The molecule has 4 fully saturated rings. The Hall–Kier alpha value is -3.29. The number of likely N-dealkylation sites (tertiary alicyclic amines) is 2. The van der Waals surface area contributed by atoms with E-state index in [1.807, 2.05) is 6.07 Å². The maximum Gasteiger partial charge on any atom is 0.407 e. The molecule has 0 aromatic heterocycles. The van der Waals surface area contributed by atoms with Crippen molar-refractivity contribution in [2.24, 2.45) is 17.8 Å². The molecule has 0 radical (unpaired) electrons. The average Bonchev–Trinajstić information content (AvgIpc) is 3.43. The topological polar surface area (TPSA) is 71.8 Å². The van der Waals surface area contributed by atoms with Crippen LogP contribution in [-0.2, 0) is 10.2 Å². The van der Waals surface area contributed by atoms with Crippen LogP contribution in [-0.4, -0.2) is 81.4 Å². The lowest BCUT2D eigenvalue weighted by molar-refractivity contribution is 0.0223. The summed E-state index contributed by atoms with van der Waals surface area (Å²) in [4.78, 5) is 19.1. The van der Waals surface area contributed by atoms with Gasteiger partial charge in [0.1, 0.15) is 11.5 Å². The highest BCUT2D eigenvalue weighted by molar-refractivity contribution is 5.67. The molecule has 0 unspecified atom stereocenters. The van der Waals surface area contributed by atoms with Gasteiger partial charge in [0.05, 0.1) is 18.7 Å². The van der Waals surface area contributed by atoms with Crippen molar-refractivity contribution in [3.05, 3.63) is 65.0 Å². The molecule has 10 heteroatoms. The normalized spacial score (nSPS) is 24.7. The summed E-state index contributed by atoms with van der Waals surface area (Å²) < 4.78 is 48.9. The molecule has 1 amide bonds. The minimum atomic E-state index is -0.691. The van der Waals surface area contributed by atoms with Crippen LogP contribution in [0.1, 0.15) is 49.7 Å². The third kappa shape index (κ3) is 6.01. The number of carbonyl (C=O) groups is 1. The van der Waals surface area contributed by atoms with Gasteiger partial charge in [-0.05, 0) is 99.9 Å². The van der Waals surface area contributed by atoms with Gasteiger partial charge in [-0.2, -0.15) is 5.26 Å². The van der Waals surface area contributed by atoms with Crippen LogP contribution in [0, 0.1) is 46.5 Å². The van der Waals surface area contributed by atoms with E-state index in [-0.39, 0.29) is 34.4 Å². The van der Waals surface area contributed by atoms with E-state index < -0.39 is 17.7 Å². The summed E-state index contributed by atoms with van der Waals surface area (Å²) in [5, 5.41) is 12.1. The van der Waals surface area contributed by atoms with Gasteiger partial charge in [0.2, 0.25) is 0 Å². The van der Waals surface area contributed by atoms with Crippen molar-refractivity contribution in [3.8, 4) is 6.07 Å². The van der Waals surface area contributed by atoms with Crippen molar-refractivity contribution >= 4 is 11.8 Å². The molecule has 236 valence electrons. The Balaban J connectivity index is 1.18. The molecular formula is C34H42F3N5O2. The number of ether oxygens (including phenoxy) is 1. The van der Waals surface area contributed by atoms with E-state index in [0.29, 0.717) is 24.9 Å². The van der Waals surface area contributed by atoms with Crippen LogP contribution in [0.4, 0.5) is 23.7 Å². The largest absolute Gasteiger partial charge is 0.453 e. The Kier molecular flexibility index (Phi) is 9.06. The Morgan fingerprint density at radius 1 is 1.00 bits per heavy atom. The average molecular weight is 610 g/mol. The lowest BCUT2D eigenvalue weighted by atomic mass is 9.57. The fourth-order valence-corrected chi connectivity index (χ4v) is 8.53. The van der Waals surface area contributed by atoms with Gasteiger partial charge in [-0.15, -0.1) is 0 Å². The molecule has 1 N–H and O–H groups in total. The molecule has 0 bridgehead atoms. The number of methoxy groups -OCH3 is 1. The van der Waals surface area contributed by atoms with Crippen LogP contribution in [0.5, 0.6) is 0 Å². The zero-order chi connectivity index (χ0) is 30.8. The van der Waals surface area contributed by atoms with E-state index in [9.17, 15) is 18.0 Å². The summed E-state index contributed by atoms with van der Waals surface area (Å²) >= 11 is 0. The summed E-state index contributed by atoms with van der Waals surface area (Å²) in [6, 6.07) is 11.1. The lowest BCUT2D eigenvalue weighted by Crippen LogP contribution is -2.60. The van der Waals surface area contributed by atoms with Crippen LogP contribution in [0.25, 0.3) is 0 Å². The first-order chi connectivity index (χ1) is 21.3. The highest BCUT2D eigenvalue weighted by Crippen LogP contribution is 2.51. The highest BCUT2D eigenvalue weighted by Gasteiger charge is 2.53. The van der Waals surface area contributed by atoms with Crippen molar-refractivity contribution in [2.75, 3.05) is 64.4 Å². The van der Waals surface area contributed by atoms with Crippen LogP contribution in [0.3, 0.4) is 0 Å². The van der Waals surface area contributed by atoms with Gasteiger partial charge in [-0.1, -0.05) is 18.6 Å². The van der Waals surface area contributed by atoms with Crippen LogP contribution < -0.4 is 10.2 Å². The number of hydrogen-bond donors (Lipinski definition) is 1. The second-order valence-corrected chi connectivity index (χ2v) is 13.2. The molecule has 2 aromatic carbocycles. The molecule has 3 aliphatic heterocycles. The number of hydrogen-bond acceptors (Lipinski definition) is 6. The Labute approximate surface area is 257 Å². The molecule has 2 aromatic rings. The number of alkyl carbamates (subject to hydrolysis) is 1. The molecule has 6 rings (SSSR count). The Bertz CT molecular complexity index is 1360. The van der Waals surface area contributed by atoms with E-state index in [2.05, 4.69) is 21.2 Å². The minimum Gasteiger partial charge on any atom is -0.453 e.